The number of fused-ring (bicyclic) bond motifs is 2. The Kier molecular flexibility index (Phi) is 5.84. The first-order valence-electron chi connectivity index (χ1n) is 10.00. The summed E-state index contributed by atoms with van der Waals surface area (Å²) >= 11 is 0. The van der Waals surface area contributed by atoms with Gasteiger partial charge < -0.3 is 49.8 Å². The molecular weight excluding hydrogens is 418 g/mol. The number of alkyl carbamates (subject to hydrolysis) is 1. The van der Waals surface area contributed by atoms with Crippen molar-refractivity contribution in [1.29, 1.82) is 0 Å². The molecule has 2 heterocycles. The van der Waals surface area contributed by atoms with Crippen molar-refractivity contribution in [3.63, 3.8) is 0 Å². The zero-order valence-corrected chi connectivity index (χ0v) is 18.1. The largest absolute Gasteiger partial charge is 0.457 e. The van der Waals surface area contributed by atoms with Gasteiger partial charge >= 0.3 is 12.1 Å². The van der Waals surface area contributed by atoms with E-state index in [1.54, 1.807) is 34.6 Å². The quantitative estimate of drug-likeness (QED) is 0.256. The minimum Gasteiger partial charge on any atom is -0.457 e. The second kappa shape index (κ2) is 7.51. The Morgan fingerprint density at radius 1 is 1.23 bits per heavy atom. The summed E-state index contributed by atoms with van der Waals surface area (Å²) in [6, 6.07) is 0. The molecule has 0 spiro atoms. The van der Waals surface area contributed by atoms with Crippen LogP contribution in [-0.2, 0) is 23.7 Å². The molecule has 5 unspecified atom stereocenters. The molecule has 1 saturated carbocycles. The Bertz CT molecular complexity index is 737. The van der Waals surface area contributed by atoms with Crippen LogP contribution in [0, 0.1) is 5.92 Å². The van der Waals surface area contributed by atoms with Gasteiger partial charge in [-0.25, -0.2) is 9.59 Å². The van der Waals surface area contributed by atoms with Crippen LogP contribution in [0.2, 0.25) is 0 Å². The van der Waals surface area contributed by atoms with E-state index in [0.717, 1.165) is 0 Å². The van der Waals surface area contributed by atoms with Crippen LogP contribution in [0.3, 0.4) is 0 Å². The lowest BCUT2D eigenvalue weighted by molar-refractivity contribution is -0.311. The average molecular weight is 449 g/mol. The Labute approximate surface area is 179 Å². The fraction of sp³-hybridized carbons (Fsp3) is 0.895. The van der Waals surface area contributed by atoms with Crippen LogP contribution in [0.5, 0.6) is 0 Å². The summed E-state index contributed by atoms with van der Waals surface area (Å²) in [5.74, 6) is -3.70. The van der Waals surface area contributed by atoms with Crippen LogP contribution in [-0.4, -0.2) is 104 Å². The summed E-state index contributed by atoms with van der Waals surface area (Å²) in [6.07, 6.45) is -10.1. The van der Waals surface area contributed by atoms with Gasteiger partial charge in [-0.05, 0) is 34.6 Å². The highest BCUT2D eigenvalue weighted by atomic mass is 16.7. The number of carbonyl (C=O) groups is 2. The molecule has 2 bridgehead atoms. The molecule has 2 aliphatic heterocycles. The van der Waals surface area contributed by atoms with Gasteiger partial charge in [0.05, 0.1) is 25.2 Å². The van der Waals surface area contributed by atoms with Gasteiger partial charge in [-0.15, -0.1) is 0 Å². The predicted octanol–water partition coefficient (Wildman–Crippen LogP) is -2.24. The van der Waals surface area contributed by atoms with Gasteiger partial charge in [-0.3, -0.25) is 0 Å². The SMILES string of the molecule is CC(C)(C)OC(=O)N[C@]12C(O)C(O)[C@](O)(CO)C(OC(=O)[C@H]1O)C2C1COC(C)(C)O1. The smallest absolute Gasteiger partial charge is 0.408 e. The van der Waals surface area contributed by atoms with E-state index >= 15 is 0 Å². The topological polar surface area (TPSA) is 184 Å². The average Bonchev–Trinajstić information content (AvgIpc) is 3.00. The molecule has 12 nitrogen and oxygen atoms in total. The summed E-state index contributed by atoms with van der Waals surface area (Å²) in [7, 11) is 0. The third kappa shape index (κ3) is 3.80. The molecule has 6 N–H and O–H groups in total. The molecule has 1 amide bonds. The third-order valence-corrected chi connectivity index (χ3v) is 5.99. The third-order valence-electron chi connectivity index (χ3n) is 5.99. The monoisotopic (exact) mass is 449 g/mol. The maximum Gasteiger partial charge on any atom is 0.408 e. The van der Waals surface area contributed by atoms with Crippen molar-refractivity contribution in [2.24, 2.45) is 5.92 Å². The first kappa shape index (κ1) is 24.1. The fourth-order valence-corrected chi connectivity index (χ4v) is 4.65. The van der Waals surface area contributed by atoms with Gasteiger partial charge in [0.25, 0.3) is 0 Å². The van der Waals surface area contributed by atoms with E-state index in [4.69, 9.17) is 18.9 Å². The first-order valence-corrected chi connectivity index (χ1v) is 10.00. The second-order valence-electron chi connectivity index (χ2n) is 9.75. The van der Waals surface area contributed by atoms with Gasteiger partial charge in [-0.2, -0.15) is 0 Å². The second-order valence-corrected chi connectivity index (χ2v) is 9.75. The van der Waals surface area contributed by atoms with Crippen LogP contribution in [0.15, 0.2) is 0 Å². The Morgan fingerprint density at radius 2 is 1.84 bits per heavy atom. The van der Waals surface area contributed by atoms with Gasteiger partial charge in [0, 0.05) is 0 Å². The van der Waals surface area contributed by atoms with Crippen molar-refractivity contribution in [2.45, 2.75) is 87.7 Å². The van der Waals surface area contributed by atoms with E-state index in [-0.39, 0.29) is 6.61 Å². The highest BCUT2D eigenvalue weighted by Crippen LogP contribution is 2.50. The number of nitrogens with one attached hydrogen (secondary N) is 1. The number of aliphatic hydroxyl groups excluding tert-OH is 4. The lowest BCUT2D eigenvalue weighted by Gasteiger charge is -2.61. The molecule has 3 fully saturated rings. The van der Waals surface area contributed by atoms with E-state index in [1.807, 2.05) is 0 Å². The lowest BCUT2D eigenvalue weighted by Crippen LogP contribution is -2.87. The highest BCUT2D eigenvalue weighted by molar-refractivity contribution is 5.81. The lowest BCUT2D eigenvalue weighted by atomic mass is 9.56. The standard InChI is InChI=1S/C19H31NO11/c1-16(2,3)31-15(26)20-19-9(8-6-28-17(4,5)30-8)13(29-14(25)12(19)24)18(27,7-21)10(22)11(19)23/h8-13,21-24,27H,6-7H2,1-5H3,(H,20,26)/t8?,9?,10?,11?,12-,13?,18-,19-/m1/s1. The fourth-order valence-electron chi connectivity index (χ4n) is 4.65. The van der Waals surface area contributed by atoms with E-state index in [1.165, 1.54) is 0 Å². The van der Waals surface area contributed by atoms with Crippen molar-refractivity contribution in [3.8, 4) is 0 Å². The highest BCUT2D eigenvalue weighted by Gasteiger charge is 2.75. The van der Waals surface area contributed by atoms with Gasteiger partial charge in [0.1, 0.15) is 29.5 Å². The minimum absolute atomic E-state index is 0.111. The Hall–Kier alpha value is -1.54. The molecule has 0 aromatic rings. The van der Waals surface area contributed by atoms with Gasteiger partial charge in [0.15, 0.2) is 17.5 Å². The summed E-state index contributed by atoms with van der Waals surface area (Å²) in [5.41, 5.74) is -5.75. The van der Waals surface area contributed by atoms with E-state index in [2.05, 4.69) is 5.32 Å². The molecule has 3 rings (SSSR count). The zero-order valence-electron chi connectivity index (χ0n) is 18.1. The van der Waals surface area contributed by atoms with E-state index in [9.17, 15) is 35.1 Å². The molecule has 12 heteroatoms. The summed E-state index contributed by atoms with van der Waals surface area (Å²) in [6.45, 7) is 6.77. The number of rotatable bonds is 3. The van der Waals surface area contributed by atoms with Crippen molar-refractivity contribution in [2.75, 3.05) is 13.2 Å². The number of ether oxygens (including phenoxy) is 4. The van der Waals surface area contributed by atoms with E-state index in [0.29, 0.717) is 0 Å². The summed E-state index contributed by atoms with van der Waals surface area (Å²) in [5, 5.41) is 55.7. The Morgan fingerprint density at radius 3 is 2.32 bits per heavy atom. The normalized spacial score (nSPS) is 44.5. The van der Waals surface area contributed by atoms with Crippen LogP contribution < -0.4 is 5.32 Å². The minimum atomic E-state index is -2.50. The molecule has 1 aliphatic carbocycles. The number of aliphatic hydroxyl groups is 5. The number of hydrogen-bond donors (Lipinski definition) is 6. The molecule has 3 aliphatic rings. The number of hydrogen-bond acceptors (Lipinski definition) is 11. The molecule has 2 saturated heterocycles. The summed E-state index contributed by atoms with van der Waals surface area (Å²) < 4.78 is 21.8. The molecule has 0 aromatic carbocycles. The van der Waals surface area contributed by atoms with Gasteiger partial charge in [0.2, 0.25) is 0 Å². The number of amides is 1. The van der Waals surface area contributed by atoms with Crippen LogP contribution in [0.4, 0.5) is 4.79 Å². The molecule has 31 heavy (non-hydrogen) atoms. The number of carbonyl (C=O) groups excluding carboxylic acids is 2. The molecular formula is C19H31NO11. The van der Waals surface area contributed by atoms with Crippen molar-refractivity contribution in [3.05, 3.63) is 0 Å². The first-order chi connectivity index (χ1) is 14.1. The van der Waals surface area contributed by atoms with Crippen molar-refractivity contribution >= 4 is 12.1 Å². The predicted molar refractivity (Wildman–Crippen MR) is 100 cm³/mol. The van der Waals surface area contributed by atoms with Crippen LogP contribution in [0.25, 0.3) is 0 Å². The molecule has 0 radical (unpaired) electrons. The Balaban J connectivity index is 2.14. The zero-order chi connectivity index (χ0) is 23.6. The van der Waals surface area contributed by atoms with Crippen molar-refractivity contribution in [1.82, 2.24) is 5.32 Å². The van der Waals surface area contributed by atoms with Crippen LogP contribution in [0.1, 0.15) is 34.6 Å². The maximum atomic E-state index is 12.7. The van der Waals surface area contributed by atoms with Gasteiger partial charge in [-0.1, -0.05) is 0 Å². The number of esters is 1. The molecule has 0 aromatic heterocycles. The summed E-state index contributed by atoms with van der Waals surface area (Å²) in [4.78, 5) is 25.2. The van der Waals surface area contributed by atoms with E-state index < -0.39 is 77.6 Å². The maximum absolute atomic E-state index is 12.7. The van der Waals surface area contributed by atoms with Crippen LogP contribution >= 0.6 is 0 Å². The molecule has 8 atom stereocenters. The molecule has 178 valence electrons. The van der Waals surface area contributed by atoms with Crippen molar-refractivity contribution < 1.29 is 54.1 Å².